The third kappa shape index (κ3) is 3.04. The second-order valence-corrected chi connectivity index (χ2v) is 4.02. The monoisotopic (exact) mass is 273 g/mol. The van der Waals surface area contributed by atoms with Crippen molar-refractivity contribution in [3.8, 4) is 0 Å². The molecule has 0 bridgehead atoms. The number of hydrogen-bond acceptors (Lipinski definition) is 2. The molecular weight excluding hydrogens is 262 g/mol. The molecule has 2 aromatic rings. The number of aryl methyl sites for hydroxylation is 1. The van der Waals surface area contributed by atoms with E-state index in [1.54, 1.807) is 6.92 Å². The number of imidazole rings is 1. The molecule has 0 aliphatic carbocycles. The van der Waals surface area contributed by atoms with E-state index in [0.717, 1.165) is 17.8 Å². The van der Waals surface area contributed by atoms with Crippen LogP contribution in [0.2, 0.25) is 0 Å². The molecule has 0 aliphatic heterocycles. The van der Waals surface area contributed by atoms with Gasteiger partial charge >= 0.3 is 6.18 Å². The molecule has 1 heterocycles. The van der Waals surface area contributed by atoms with Crippen molar-refractivity contribution in [3.05, 3.63) is 47.3 Å². The van der Waals surface area contributed by atoms with Crippen molar-refractivity contribution in [3.63, 3.8) is 0 Å². The zero-order valence-electron chi connectivity index (χ0n) is 9.98. The van der Waals surface area contributed by atoms with E-state index < -0.39 is 17.6 Å². The summed E-state index contributed by atoms with van der Waals surface area (Å²) in [7, 11) is 0. The number of H-pyrrole nitrogens is 1. The van der Waals surface area contributed by atoms with Gasteiger partial charge in [-0.25, -0.2) is 9.37 Å². The molecule has 19 heavy (non-hydrogen) atoms. The number of aromatic nitrogens is 2. The van der Waals surface area contributed by atoms with Crippen LogP contribution in [0.3, 0.4) is 0 Å². The van der Waals surface area contributed by atoms with Crippen LogP contribution in [0.25, 0.3) is 0 Å². The number of nitrogens with zero attached hydrogens (tertiary/aromatic N) is 1. The standard InChI is InChI=1S/C12H11F4N3/c1-7-11(19-6-18-7)5-17-8-2-3-10(13)9(4-8)12(14,15)16/h2-4,6,17H,5H2,1H3,(H,18,19). The summed E-state index contributed by atoms with van der Waals surface area (Å²) in [5.41, 5.74) is 0.427. The predicted octanol–water partition coefficient (Wildman–Crippen LogP) is 3.49. The van der Waals surface area contributed by atoms with Crippen LogP contribution in [0.5, 0.6) is 0 Å². The van der Waals surface area contributed by atoms with Gasteiger partial charge in [0.15, 0.2) is 0 Å². The molecular formula is C12H11F4N3. The average Bonchev–Trinajstić information content (AvgIpc) is 2.72. The molecule has 0 spiro atoms. The summed E-state index contributed by atoms with van der Waals surface area (Å²) in [5, 5.41) is 2.78. The van der Waals surface area contributed by atoms with Gasteiger partial charge in [0.1, 0.15) is 5.82 Å². The number of aromatic amines is 1. The van der Waals surface area contributed by atoms with E-state index in [-0.39, 0.29) is 12.2 Å². The van der Waals surface area contributed by atoms with Crippen molar-refractivity contribution < 1.29 is 17.6 Å². The topological polar surface area (TPSA) is 40.7 Å². The van der Waals surface area contributed by atoms with Crippen LogP contribution in [0.4, 0.5) is 23.2 Å². The summed E-state index contributed by atoms with van der Waals surface area (Å²) in [6.07, 6.45) is -3.21. The molecule has 1 aromatic carbocycles. The summed E-state index contributed by atoms with van der Waals surface area (Å²) < 4.78 is 50.6. The number of anilines is 1. The fourth-order valence-corrected chi connectivity index (χ4v) is 1.60. The third-order valence-corrected chi connectivity index (χ3v) is 2.67. The van der Waals surface area contributed by atoms with E-state index in [9.17, 15) is 17.6 Å². The van der Waals surface area contributed by atoms with Crippen LogP contribution in [0.1, 0.15) is 17.0 Å². The second kappa shape index (κ2) is 4.91. The van der Waals surface area contributed by atoms with Crippen molar-refractivity contribution in [1.29, 1.82) is 0 Å². The average molecular weight is 273 g/mol. The van der Waals surface area contributed by atoms with Crippen molar-refractivity contribution in [2.24, 2.45) is 0 Å². The van der Waals surface area contributed by atoms with Crippen LogP contribution in [0.15, 0.2) is 24.5 Å². The Balaban J connectivity index is 2.16. The van der Waals surface area contributed by atoms with E-state index in [0.29, 0.717) is 5.69 Å². The van der Waals surface area contributed by atoms with Gasteiger partial charge in [-0.05, 0) is 25.1 Å². The molecule has 2 N–H and O–H groups in total. The van der Waals surface area contributed by atoms with Gasteiger partial charge in [-0.2, -0.15) is 13.2 Å². The van der Waals surface area contributed by atoms with Gasteiger partial charge in [0.05, 0.1) is 24.1 Å². The second-order valence-electron chi connectivity index (χ2n) is 4.02. The molecule has 0 saturated carbocycles. The number of rotatable bonds is 3. The highest BCUT2D eigenvalue weighted by Crippen LogP contribution is 2.33. The first kappa shape index (κ1) is 13.4. The molecule has 0 unspecified atom stereocenters. The first-order valence-corrected chi connectivity index (χ1v) is 5.47. The fraction of sp³-hybridized carbons (Fsp3) is 0.250. The van der Waals surface area contributed by atoms with Gasteiger partial charge in [-0.1, -0.05) is 0 Å². The molecule has 3 nitrogen and oxygen atoms in total. The maximum absolute atomic E-state index is 13.1. The SMILES string of the molecule is Cc1[nH]cnc1CNc1ccc(F)c(C(F)(F)F)c1. The highest BCUT2D eigenvalue weighted by Gasteiger charge is 2.34. The van der Waals surface area contributed by atoms with E-state index in [2.05, 4.69) is 15.3 Å². The lowest BCUT2D eigenvalue weighted by atomic mass is 10.1. The number of nitrogens with one attached hydrogen (secondary N) is 2. The lowest BCUT2D eigenvalue weighted by molar-refractivity contribution is -0.139. The molecule has 0 atom stereocenters. The molecule has 0 radical (unpaired) electrons. The summed E-state index contributed by atoms with van der Waals surface area (Å²) >= 11 is 0. The Kier molecular flexibility index (Phi) is 3.46. The molecule has 0 fully saturated rings. The maximum atomic E-state index is 13.1. The fourth-order valence-electron chi connectivity index (χ4n) is 1.60. The molecule has 1 aromatic heterocycles. The van der Waals surface area contributed by atoms with E-state index in [4.69, 9.17) is 0 Å². The van der Waals surface area contributed by atoms with Crippen LogP contribution >= 0.6 is 0 Å². The highest BCUT2D eigenvalue weighted by atomic mass is 19.4. The van der Waals surface area contributed by atoms with Gasteiger partial charge < -0.3 is 10.3 Å². The lowest BCUT2D eigenvalue weighted by Gasteiger charge is -2.11. The Morgan fingerprint density at radius 3 is 2.63 bits per heavy atom. The Hall–Kier alpha value is -2.05. The smallest absolute Gasteiger partial charge is 0.379 e. The normalized spacial score (nSPS) is 11.6. The first-order chi connectivity index (χ1) is 8.88. The molecule has 7 heteroatoms. The number of halogens is 4. The number of hydrogen-bond donors (Lipinski definition) is 2. The predicted molar refractivity (Wildman–Crippen MR) is 62.1 cm³/mol. The van der Waals surface area contributed by atoms with Gasteiger partial charge in [0.25, 0.3) is 0 Å². The largest absolute Gasteiger partial charge is 0.419 e. The number of alkyl halides is 3. The summed E-state index contributed by atoms with van der Waals surface area (Å²) in [6, 6.07) is 2.80. The van der Waals surface area contributed by atoms with Gasteiger partial charge in [0.2, 0.25) is 0 Å². The summed E-state index contributed by atoms with van der Waals surface area (Å²) in [6.45, 7) is 2.06. The Morgan fingerprint density at radius 1 is 1.32 bits per heavy atom. The minimum absolute atomic E-state index is 0.191. The maximum Gasteiger partial charge on any atom is 0.419 e. The minimum Gasteiger partial charge on any atom is -0.379 e. The van der Waals surface area contributed by atoms with Gasteiger partial charge in [-0.3, -0.25) is 0 Å². The van der Waals surface area contributed by atoms with Crippen LogP contribution in [-0.4, -0.2) is 9.97 Å². The van der Waals surface area contributed by atoms with Crippen molar-refractivity contribution in [2.45, 2.75) is 19.6 Å². The van der Waals surface area contributed by atoms with E-state index in [1.165, 1.54) is 12.4 Å². The highest BCUT2D eigenvalue weighted by molar-refractivity contribution is 5.47. The van der Waals surface area contributed by atoms with Crippen molar-refractivity contribution >= 4 is 5.69 Å². The Bertz CT molecular complexity index is 575. The van der Waals surface area contributed by atoms with E-state index >= 15 is 0 Å². The zero-order valence-corrected chi connectivity index (χ0v) is 9.98. The molecule has 0 saturated heterocycles. The quantitative estimate of drug-likeness (QED) is 0.840. The van der Waals surface area contributed by atoms with Gasteiger partial charge in [0, 0.05) is 11.4 Å². The minimum atomic E-state index is -4.70. The Labute approximate surface area is 106 Å². The van der Waals surface area contributed by atoms with E-state index in [1.807, 2.05) is 0 Å². The van der Waals surface area contributed by atoms with Gasteiger partial charge in [-0.15, -0.1) is 0 Å². The van der Waals surface area contributed by atoms with Crippen molar-refractivity contribution in [2.75, 3.05) is 5.32 Å². The van der Waals surface area contributed by atoms with Crippen LogP contribution in [0, 0.1) is 12.7 Å². The molecule has 102 valence electrons. The lowest BCUT2D eigenvalue weighted by Crippen LogP contribution is -2.09. The zero-order chi connectivity index (χ0) is 14.0. The Morgan fingerprint density at radius 2 is 2.05 bits per heavy atom. The molecule has 2 rings (SSSR count). The number of benzene rings is 1. The first-order valence-electron chi connectivity index (χ1n) is 5.47. The van der Waals surface area contributed by atoms with Crippen LogP contribution in [-0.2, 0) is 12.7 Å². The summed E-state index contributed by atoms with van der Waals surface area (Å²) in [5.74, 6) is -1.28. The van der Waals surface area contributed by atoms with Crippen molar-refractivity contribution in [1.82, 2.24) is 9.97 Å². The van der Waals surface area contributed by atoms with Crippen LogP contribution < -0.4 is 5.32 Å². The molecule has 0 aliphatic rings. The third-order valence-electron chi connectivity index (χ3n) is 2.67. The summed E-state index contributed by atoms with van der Waals surface area (Å²) in [4.78, 5) is 6.86. The molecule has 0 amide bonds.